The fourth-order valence-corrected chi connectivity index (χ4v) is 1.75. The van der Waals surface area contributed by atoms with Gasteiger partial charge < -0.3 is 15.6 Å². The van der Waals surface area contributed by atoms with Crippen molar-refractivity contribution in [3.63, 3.8) is 0 Å². The number of benzene rings is 1. The number of carboxylic acid groups (broad SMARTS) is 1. The zero-order chi connectivity index (χ0) is 13.8. The molecule has 0 aliphatic carbocycles. The zero-order valence-corrected chi connectivity index (χ0v) is 11.2. The van der Waals surface area contributed by atoms with Gasteiger partial charge in [-0.15, -0.1) is 0 Å². The molecular formula is C14H21NO3. The van der Waals surface area contributed by atoms with Crippen LogP contribution in [0.4, 0.5) is 0 Å². The maximum atomic E-state index is 10.8. The van der Waals surface area contributed by atoms with Crippen LogP contribution in [0.5, 0.6) is 5.75 Å². The van der Waals surface area contributed by atoms with Crippen molar-refractivity contribution < 1.29 is 14.6 Å². The highest BCUT2D eigenvalue weighted by Gasteiger charge is 2.26. The lowest BCUT2D eigenvalue weighted by Crippen LogP contribution is -2.44. The van der Waals surface area contributed by atoms with Crippen molar-refractivity contribution in [2.45, 2.75) is 39.2 Å². The van der Waals surface area contributed by atoms with E-state index in [0.717, 1.165) is 16.9 Å². The molecule has 0 fully saturated rings. The van der Waals surface area contributed by atoms with Gasteiger partial charge in [0.1, 0.15) is 11.3 Å². The molecule has 0 aliphatic heterocycles. The van der Waals surface area contributed by atoms with Gasteiger partial charge in [-0.2, -0.15) is 0 Å². The first-order chi connectivity index (χ1) is 8.34. The SMILES string of the molecule is Cc1cccc(C)c1OCCCC(C)(N)C(=O)O. The number of para-hydroxylation sites is 1. The van der Waals surface area contributed by atoms with Gasteiger partial charge in [0.2, 0.25) is 0 Å². The Hall–Kier alpha value is -1.55. The van der Waals surface area contributed by atoms with Crippen molar-refractivity contribution in [3.05, 3.63) is 29.3 Å². The van der Waals surface area contributed by atoms with Crippen LogP contribution in [0.25, 0.3) is 0 Å². The molecule has 3 N–H and O–H groups in total. The van der Waals surface area contributed by atoms with Crippen molar-refractivity contribution >= 4 is 5.97 Å². The number of rotatable bonds is 6. The summed E-state index contributed by atoms with van der Waals surface area (Å²) in [6.45, 7) is 5.99. The van der Waals surface area contributed by atoms with Gasteiger partial charge in [-0.05, 0) is 44.7 Å². The second-order valence-electron chi connectivity index (χ2n) is 4.90. The Bertz CT molecular complexity index is 407. The molecule has 0 saturated carbocycles. The molecule has 4 heteroatoms. The Labute approximate surface area is 108 Å². The molecular weight excluding hydrogens is 230 g/mol. The highest BCUT2D eigenvalue weighted by Crippen LogP contribution is 2.22. The lowest BCUT2D eigenvalue weighted by Gasteiger charge is -2.19. The van der Waals surface area contributed by atoms with Gasteiger partial charge in [-0.25, -0.2) is 0 Å². The van der Waals surface area contributed by atoms with Crippen LogP contribution in [0.1, 0.15) is 30.9 Å². The molecule has 1 atom stereocenters. The van der Waals surface area contributed by atoms with E-state index in [1.165, 1.54) is 6.92 Å². The molecule has 18 heavy (non-hydrogen) atoms. The predicted molar refractivity (Wildman–Crippen MR) is 70.9 cm³/mol. The molecule has 0 amide bonds. The molecule has 0 radical (unpaired) electrons. The van der Waals surface area contributed by atoms with Crippen LogP contribution < -0.4 is 10.5 Å². The van der Waals surface area contributed by atoms with Crippen molar-refractivity contribution in [1.29, 1.82) is 0 Å². The Morgan fingerprint density at radius 2 is 1.94 bits per heavy atom. The molecule has 1 rings (SSSR count). The molecule has 0 aliphatic rings. The highest BCUT2D eigenvalue weighted by atomic mass is 16.5. The number of aliphatic carboxylic acids is 1. The lowest BCUT2D eigenvalue weighted by molar-refractivity contribution is -0.142. The molecule has 0 spiro atoms. The third-order valence-electron chi connectivity index (χ3n) is 2.98. The quantitative estimate of drug-likeness (QED) is 0.761. The minimum Gasteiger partial charge on any atom is -0.493 e. The summed E-state index contributed by atoms with van der Waals surface area (Å²) in [4.78, 5) is 10.8. The van der Waals surface area contributed by atoms with E-state index in [4.69, 9.17) is 15.6 Å². The summed E-state index contributed by atoms with van der Waals surface area (Å²) < 4.78 is 5.69. The number of carbonyl (C=O) groups is 1. The topological polar surface area (TPSA) is 72.5 Å². The smallest absolute Gasteiger partial charge is 0.323 e. The van der Waals surface area contributed by atoms with Crippen LogP contribution in [-0.2, 0) is 4.79 Å². The van der Waals surface area contributed by atoms with E-state index in [1.54, 1.807) is 0 Å². The van der Waals surface area contributed by atoms with Crippen LogP contribution in [0.2, 0.25) is 0 Å². The molecule has 0 saturated heterocycles. The fourth-order valence-electron chi connectivity index (χ4n) is 1.75. The molecule has 0 aromatic heterocycles. The molecule has 1 aromatic carbocycles. The van der Waals surface area contributed by atoms with Crippen LogP contribution >= 0.6 is 0 Å². The average Bonchev–Trinajstić information content (AvgIpc) is 2.27. The van der Waals surface area contributed by atoms with Gasteiger partial charge in [0.25, 0.3) is 0 Å². The number of carboxylic acids is 1. The Kier molecular flexibility index (Phi) is 4.73. The predicted octanol–water partition coefficient (Wildman–Crippen LogP) is 2.26. The van der Waals surface area contributed by atoms with Crippen molar-refractivity contribution in [2.24, 2.45) is 5.73 Å². The summed E-state index contributed by atoms with van der Waals surface area (Å²) in [5.41, 5.74) is 6.64. The summed E-state index contributed by atoms with van der Waals surface area (Å²) in [5.74, 6) is -0.0962. The first-order valence-electron chi connectivity index (χ1n) is 6.06. The maximum Gasteiger partial charge on any atom is 0.323 e. The number of ether oxygens (including phenoxy) is 1. The molecule has 0 heterocycles. The summed E-state index contributed by atoms with van der Waals surface area (Å²) in [7, 11) is 0. The average molecular weight is 251 g/mol. The number of nitrogens with two attached hydrogens (primary N) is 1. The summed E-state index contributed by atoms with van der Waals surface area (Å²) in [6.07, 6.45) is 1.01. The maximum absolute atomic E-state index is 10.8. The first-order valence-corrected chi connectivity index (χ1v) is 6.06. The van der Waals surface area contributed by atoms with Gasteiger partial charge in [-0.3, -0.25) is 4.79 Å². The number of hydrogen-bond donors (Lipinski definition) is 2. The summed E-state index contributed by atoms with van der Waals surface area (Å²) in [6, 6.07) is 5.97. The molecule has 1 aromatic rings. The van der Waals surface area contributed by atoms with Crippen molar-refractivity contribution in [1.82, 2.24) is 0 Å². The third kappa shape index (κ3) is 3.74. The summed E-state index contributed by atoms with van der Waals surface area (Å²) in [5, 5.41) is 8.88. The van der Waals surface area contributed by atoms with E-state index < -0.39 is 11.5 Å². The normalized spacial score (nSPS) is 14.0. The van der Waals surface area contributed by atoms with Crippen LogP contribution in [0, 0.1) is 13.8 Å². The van der Waals surface area contributed by atoms with Gasteiger partial charge in [0.05, 0.1) is 6.61 Å². The van der Waals surface area contributed by atoms with Gasteiger partial charge in [-0.1, -0.05) is 18.2 Å². The molecule has 4 nitrogen and oxygen atoms in total. The minimum atomic E-state index is -1.18. The Morgan fingerprint density at radius 3 is 2.44 bits per heavy atom. The van der Waals surface area contributed by atoms with Gasteiger partial charge >= 0.3 is 5.97 Å². The van der Waals surface area contributed by atoms with Crippen LogP contribution in [-0.4, -0.2) is 23.2 Å². The van der Waals surface area contributed by atoms with E-state index in [-0.39, 0.29) is 0 Å². The van der Waals surface area contributed by atoms with Gasteiger partial charge in [0.15, 0.2) is 0 Å². The van der Waals surface area contributed by atoms with E-state index in [9.17, 15) is 4.79 Å². The third-order valence-corrected chi connectivity index (χ3v) is 2.98. The Balaban J connectivity index is 2.46. The molecule has 100 valence electrons. The Morgan fingerprint density at radius 1 is 1.39 bits per heavy atom. The number of hydrogen-bond acceptors (Lipinski definition) is 3. The summed E-state index contributed by atoms with van der Waals surface area (Å²) >= 11 is 0. The van der Waals surface area contributed by atoms with E-state index in [1.807, 2.05) is 32.0 Å². The standard InChI is InChI=1S/C14H21NO3/c1-10-6-4-7-11(2)12(10)18-9-5-8-14(3,15)13(16)17/h4,6-7H,5,8-9,15H2,1-3H3,(H,16,17). The van der Waals surface area contributed by atoms with E-state index in [0.29, 0.717) is 19.4 Å². The van der Waals surface area contributed by atoms with Crippen molar-refractivity contribution in [2.75, 3.05) is 6.61 Å². The minimum absolute atomic E-state index is 0.396. The second-order valence-corrected chi connectivity index (χ2v) is 4.90. The second kappa shape index (κ2) is 5.87. The van der Waals surface area contributed by atoms with Crippen LogP contribution in [0.15, 0.2) is 18.2 Å². The highest BCUT2D eigenvalue weighted by molar-refractivity contribution is 5.77. The molecule has 1 unspecified atom stereocenters. The van der Waals surface area contributed by atoms with E-state index in [2.05, 4.69) is 0 Å². The lowest BCUT2D eigenvalue weighted by atomic mass is 9.98. The largest absolute Gasteiger partial charge is 0.493 e. The van der Waals surface area contributed by atoms with E-state index >= 15 is 0 Å². The monoisotopic (exact) mass is 251 g/mol. The van der Waals surface area contributed by atoms with Gasteiger partial charge in [0, 0.05) is 0 Å². The zero-order valence-electron chi connectivity index (χ0n) is 11.2. The van der Waals surface area contributed by atoms with Crippen LogP contribution in [0.3, 0.4) is 0 Å². The van der Waals surface area contributed by atoms with Crippen molar-refractivity contribution in [3.8, 4) is 5.75 Å². The number of aryl methyl sites for hydroxylation is 2. The molecule has 0 bridgehead atoms. The fraction of sp³-hybridized carbons (Fsp3) is 0.500. The first kappa shape index (κ1) is 14.5.